The summed E-state index contributed by atoms with van der Waals surface area (Å²) < 4.78 is 4.04. The molecule has 61 heavy (non-hydrogen) atoms. The first-order chi connectivity index (χ1) is 29.2. The lowest BCUT2D eigenvalue weighted by Crippen LogP contribution is -2.30. The zero-order chi connectivity index (χ0) is 43.2. The summed E-state index contributed by atoms with van der Waals surface area (Å²) in [5, 5.41) is 2.13. The first-order valence-corrected chi connectivity index (χ1v) is 21.0. The SMILES string of the molecule is Cc1nc2c(=O)[nH]ccc2n1Cc1ccc(C(=O)C2=Cc3ccccc3C2C(=O)N(C)C)cc1.Cc1sccc1-c1ccc(Cc2nc3cc[nH]c(=O)c3n2C(C)(C)C)cc1. The van der Waals surface area contributed by atoms with E-state index in [2.05, 4.69) is 82.9 Å². The van der Waals surface area contributed by atoms with Gasteiger partial charge in [-0.25, -0.2) is 9.97 Å². The van der Waals surface area contributed by atoms with Crippen LogP contribution in [0.4, 0.5) is 0 Å². The minimum atomic E-state index is -0.601. The van der Waals surface area contributed by atoms with E-state index in [9.17, 15) is 19.2 Å². The largest absolute Gasteiger partial charge is 0.348 e. The number of H-pyrrole nitrogens is 2. The van der Waals surface area contributed by atoms with Crippen LogP contribution in [-0.2, 0) is 23.3 Å². The van der Waals surface area contributed by atoms with Gasteiger partial charge in [0, 0.05) is 61.0 Å². The highest BCUT2D eigenvalue weighted by Gasteiger charge is 2.36. The Hall–Kier alpha value is -6.92. The van der Waals surface area contributed by atoms with Crippen molar-refractivity contribution in [2.75, 3.05) is 14.1 Å². The second-order valence-electron chi connectivity index (χ2n) is 16.5. The Morgan fingerprint density at radius 2 is 1.51 bits per heavy atom. The Balaban J connectivity index is 0.000000173. The van der Waals surface area contributed by atoms with E-state index in [1.54, 1.807) is 50.0 Å². The molecule has 5 aromatic heterocycles. The predicted octanol–water partition coefficient (Wildman–Crippen LogP) is 8.64. The van der Waals surface area contributed by atoms with E-state index >= 15 is 0 Å². The number of nitrogens with one attached hydrogen (secondary N) is 2. The molecule has 2 N–H and O–H groups in total. The van der Waals surface area contributed by atoms with Gasteiger partial charge < -0.3 is 24.0 Å². The second kappa shape index (κ2) is 16.3. The summed E-state index contributed by atoms with van der Waals surface area (Å²) in [6.45, 7) is 10.8. The lowest BCUT2D eigenvalue weighted by Gasteiger charge is -2.24. The third kappa shape index (κ3) is 7.94. The number of rotatable bonds is 8. The Labute approximate surface area is 357 Å². The molecule has 0 radical (unpaired) electrons. The van der Waals surface area contributed by atoms with Gasteiger partial charge in [0.15, 0.2) is 11.3 Å². The molecule has 3 aromatic carbocycles. The second-order valence-corrected chi connectivity index (χ2v) is 17.7. The molecule has 0 aliphatic heterocycles. The van der Waals surface area contributed by atoms with Crippen LogP contribution >= 0.6 is 11.3 Å². The van der Waals surface area contributed by atoms with Crippen LogP contribution in [0.3, 0.4) is 0 Å². The van der Waals surface area contributed by atoms with Gasteiger partial charge in [-0.05, 0) is 97.7 Å². The molecule has 0 saturated heterocycles. The number of aryl methyl sites for hydroxylation is 2. The first-order valence-electron chi connectivity index (χ1n) is 20.1. The number of benzene rings is 3. The predicted molar refractivity (Wildman–Crippen MR) is 243 cm³/mol. The molecule has 0 spiro atoms. The van der Waals surface area contributed by atoms with Gasteiger partial charge >= 0.3 is 0 Å². The van der Waals surface area contributed by atoms with Crippen molar-refractivity contribution in [3.63, 3.8) is 0 Å². The number of thiophene rings is 1. The highest BCUT2D eigenvalue weighted by molar-refractivity contribution is 7.10. The van der Waals surface area contributed by atoms with Crippen molar-refractivity contribution < 1.29 is 9.59 Å². The summed E-state index contributed by atoms with van der Waals surface area (Å²) >= 11 is 1.77. The van der Waals surface area contributed by atoms with Crippen LogP contribution in [-0.4, -0.2) is 59.8 Å². The van der Waals surface area contributed by atoms with Crippen LogP contribution in [0.15, 0.2) is 124 Å². The zero-order valence-electron chi connectivity index (χ0n) is 35.2. The summed E-state index contributed by atoms with van der Waals surface area (Å²) in [5.41, 5.74) is 9.50. The topological polar surface area (TPSA) is 139 Å². The number of Topliss-reactive ketones (excluding diaryl/α,β-unsaturated/α-hetero) is 1. The summed E-state index contributed by atoms with van der Waals surface area (Å²) in [5.74, 6) is 0.785. The maximum atomic E-state index is 13.5. The molecule has 11 nitrogen and oxygen atoms in total. The van der Waals surface area contributed by atoms with Gasteiger partial charge in [-0.2, -0.15) is 0 Å². The van der Waals surface area contributed by atoms with Gasteiger partial charge in [-0.3, -0.25) is 19.2 Å². The molecule has 308 valence electrons. The minimum absolute atomic E-state index is 0.0931. The molecule has 0 saturated carbocycles. The number of amides is 1. The normalized spacial score (nSPS) is 13.5. The van der Waals surface area contributed by atoms with E-state index in [-0.39, 0.29) is 28.3 Å². The van der Waals surface area contributed by atoms with E-state index < -0.39 is 5.92 Å². The Kier molecular flexibility index (Phi) is 10.9. The van der Waals surface area contributed by atoms with E-state index in [1.807, 2.05) is 66.1 Å². The van der Waals surface area contributed by atoms with E-state index in [4.69, 9.17) is 4.98 Å². The first kappa shape index (κ1) is 40.8. The number of ketones is 1. The van der Waals surface area contributed by atoms with Crippen LogP contribution in [0.2, 0.25) is 0 Å². The molecule has 8 aromatic rings. The monoisotopic (exact) mass is 829 g/mol. The molecule has 1 unspecified atom stereocenters. The highest BCUT2D eigenvalue weighted by Crippen LogP contribution is 2.39. The average Bonchev–Trinajstić information content (AvgIpc) is 4.02. The van der Waals surface area contributed by atoms with Crippen molar-refractivity contribution in [2.24, 2.45) is 0 Å². The maximum Gasteiger partial charge on any atom is 0.276 e. The average molecular weight is 830 g/mol. The van der Waals surface area contributed by atoms with Crippen molar-refractivity contribution in [1.82, 2.24) is 34.0 Å². The fraction of sp³-hybridized carbons (Fsp3) is 0.224. The van der Waals surface area contributed by atoms with Crippen LogP contribution in [0.5, 0.6) is 0 Å². The lowest BCUT2D eigenvalue weighted by molar-refractivity contribution is -0.129. The summed E-state index contributed by atoms with van der Waals surface area (Å²) in [6, 6.07) is 29.5. The van der Waals surface area contributed by atoms with Crippen LogP contribution in [0, 0.1) is 13.8 Å². The van der Waals surface area contributed by atoms with E-state index in [0.29, 0.717) is 35.1 Å². The molecule has 1 atom stereocenters. The van der Waals surface area contributed by atoms with Crippen molar-refractivity contribution in [3.8, 4) is 11.1 Å². The molecular weight excluding hydrogens is 783 g/mol. The third-order valence-corrected chi connectivity index (χ3v) is 12.0. The number of carbonyl (C=O) groups excluding carboxylic acids is 2. The molecule has 1 amide bonds. The van der Waals surface area contributed by atoms with Gasteiger partial charge in [0.2, 0.25) is 5.91 Å². The van der Waals surface area contributed by atoms with Gasteiger partial charge in [0.1, 0.15) is 17.2 Å². The number of hydrogen-bond donors (Lipinski definition) is 2. The number of pyridine rings is 2. The number of imidazole rings is 2. The Morgan fingerprint density at radius 3 is 2.20 bits per heavy atom. The number of nitrogens with zero attached hydrogens (tertiary/aromatic N) is 5. The zero-order valence-corrected chi connectivity index (χ0v) is 36.1. The maximum absolute atomic E-state index is 13.5. The van der Waals surface area contributed by atoms with Gasteiger partial charge in [0.25, 0.3) is 11.1 Å². The number of likely N-dealkylation sites (N-methyl/N-ethyl adjacent to an activating group) is 1. The molecule has 5 heterocycles. The molecule has 0 fully saturated rings. The van der Waals surface area contributed by atoms with Crippen LogP contribution in [0.25, 0.3) is 39.3 Å². The molecular formula is C49H47N7O4S. The molecule has 1 aliphatic carbocycles. The lowest BCUT2D eigenvalue weighted by atomic mass is 9.89. The number of aromatic amines is 2. The van der Waals surface area contributed by atoms with Crippen LogP contribution < -0.4 is 11.1 Å². The summed E-state index contributed by atoms with van der Waals surface area (Å²) in [7, 11) is 3.41. The van der Waals surface area contributed by atoms with Crippen molar-refractivity contribution in [2.45, 2.75) is 59.0 Å². The van der Waals surface area contributed by atoms with E-state index in [1.165, 1.54) is 26.5 Å². The van der Waals surface area contributed by atoms with Gasteiger partial charge in [0.05, 0.1) is 17.0 Å². The minimum Gasteiger partial charge on any atom is -0.348 e. The number of fused-ring (bicyclic) bond motifs is 3. The van der Waals surface area contributed by atoms with E-state index in [0.717, 1.165) is 39.4 Å². The fourth-order valence-corrected chi connectivity index (χ4v) is 8.85. The quantitative estimate of drug-likeness (QED) is 0.147. The van der Waals surface area contributed by atoms with Crippen LogP contribution in [0.1, 0.15) is 75.8 Å². The number of hydrogen-bond acceptors (Lipinski definition) is 7. The number of aromatic nitrogens is 6. The number of carbonyl (C=O) groups is 2. The standard InChI is InChI=1S/C27H24N4O3.C22H23N3OS/c1-16-29-24-22(12-13-28-26(24)33)31(16)15-17-8-10-18(11-9-17)25(32)21-14-19-6-4-5-7-20(19)23(21)27(34)30(2)3;1-14-17(10-12-27-14)16-7-5-15(6-8-16)13-19-24-18-9-11-23-21(26)20(18)25(19)22(2,3)4/h4-14,23H,15H2,1-3H3,(H,28,33);5-12H,13H2,1-4H3,(H,23,26). The van der Waals surface area contributed by atoms with Crippen molar-refractivity contribution in [3.05, 3.63) is 179 Å². The summed E-state index contributed by atoms with van der Waals surface area (Å²) in [4.78, 5) is 68.3. The van der Waals surface area contributed by atoms with Gasteiger partial charge in [-0.1, -0.05) is 72.8 Å². The molecule has 9 rings (SSSR count). The summed E-state index contributed by atoms with van der Waals surface area (Å²) in [6.07, 6.45) is 5.79. The van der Waals surface area contributed by atoms with Crippen molar-refractivity contribution in [1.29, 1.82) is 0 Å². The van der Waals surface area contributed by atoms with Crippen molar-refractivity contribution >= 4 is 51.2 Å². The molecule has 0 bridgehead atoms. The third-order valence-electron chi connectivity index (χ3n) is 11.1. The van der Waals surface area contributed by atoms with Gasteiger partial charge in [-0.15, -0.1) is 11.3 Å². The highest BCUT2D eigenvalue weighted by atomic mass is 32.1. The Morgan fingerprint density at radius 1 is 0.820 bits per heavy atom. The smallest absolute Gasteiger partial charge is 0.276 e. The fourth-order valence-electron chi connectivity index (χ4n) is 8.13. The molecule has 1 aliphatic rings. The Bertz CT molecular complexity index is 3100. The molecule has 12 heteroatoms.